The number of aryl methyl sites for hydroxylation is 2. The van der Waals surface area contributed by atoms with Gasteiger partial charge in [0.15, 0.2) is 0 Å². The van der Waals surface area contributed by atoms with Gasteiger partial charge in [-0.05, 0) is 29.8 Å². The van der Waals surface area contributed by atoms with Crippen molar-refractivity contribution in [1.29, 1.82) is 0 Å². The Hall–Kier alpha value is -0.430. The van der Waals surface area contributed by atoms with Crippen molar-refractivity contribution in [2.24, 2.45) is 0 Å². The topological polar surface area (TPSA) is 48.3 Å². The van der Waals surface area contributed by atoms with Gasteiger partial charge >= 0.3 is 0 Å². The van der Waals surface area contributed by atoms with Gasteiger partial charge in [0, 0.05) is 33.9 Å². The number of hydrogen-bond acceptors (Lipinski definition) is 4. The Morgan fingerprint density at radius 2 is 2.17 bits per heavy atom. The van der Waals surface area contributed by atoms with Crippen molar-refractivity contribution < 1.29 is 9.47 Å². The van der Waals surface area contributed by atoms with Crippen LogP contribution in [0.5, 0.6) is 0 Å². The molecule has 0 aliphatic heterocycles. The van der Waals surface area contributed by atoms with E-state index in [9.17, 15) is 0 Å². The summed E-state index contributed by atoms with van der Waals surface area (Å²) in [5.74, 6) is 0. The molecule has 0 saturated carbocycles. The highest BCUT2D eigenvalue weighted by Crippen LogP contribution is 2.20. The van der Waals surface area contributed by atoms with E-state index in [1.165, 1.54) is 5.69 Å². The summed E-state index contributed by atoms with van der Waals surface area (Å²) in [5, 5.41) is 7.83. The highest BCUT2D eigenvalue weighted by molar-refractivity contribution is 9.10. The molecular weight excluding hydrogens is 298 g/mol. The number of methoxy groups -OCH3 is 2. The van der Waals surface area contributed by atoms with E-state index in [-0.39, 0.29) is 6.10 Å². The van der Waals surface area contributed by atoms with Gasteiger partial charge in [-0.3, -0.25) is 4.68 Å². The minimum absolute atomic E-state index is 0.0767. The van der Waals surface area contributed by atoms with Crippen LogP contribution in [0, 0.1) is 6.92 Å². The Morgan fingerprint density at radius 3 is 2.72 bits per heavy atom. The molecule has 1 rings (SSSR count). The fraction of sp³-hybridized carbons (Fsp3) is 0.750. The normalized spacial score (nSPS) is 12.9. The highest BCUT2D eigenvalue weighted by atomic mass is 79.9. The lowest BCUT2D eigenvalue weighted by Crippen LogP contribution is -2.32. The molecule has 6 heteroatoms. The predicted octanol–water partition coefficient (Wildman–Crippen LogP) is 1.72. The first-order valence-electron chi connectivity index (χ1n) is 6.08. The maximum atomic E-state index is 5.30. The summed E-state index contributed by atoms with van der Waals surface area (Å²) >= 11 is 3.58. The smallest absolute Gasteiger partial charge is 0.0928 e. The van der Waals surface area contributed by atoms with E-state index >= 15 is 0 Å². The second-order valence-electron chi connectivity index (χ2n) is 4.11. The number of aromatic nitrogens is 2. The maximum Gasteiger partial charge on any atom is 0.0928 e. The molecule has 1 heterocycles. The van der Waals surface area contributed by atoms with Crippen molar-refractivity contribution in [3.8, 4) is 0 Å². The van der Waals surface area contributed by atoms with Gasteiger partial charge in [0.2, 0.25) is 0 Å². The molecule has 0 aliphatic rings. The second kappa shape index (κ2) is 7.89. The van der Waals surface area contributed by atoms with Crippen LogP contribution in [0.2, 0.25) is 0 Å². The van der Waals surface area contributed by atoms with E-state index in [1.807, 2.05) is 11.6 Å². The lowest BCUT2D eigenvalue weighted by molar-refractivity contribution is 0.0287. The summed E-state index contributed by atoms with van der Waals surface area (Å²) in [5.41, 5.74) is 2.19. The summed E-state index contributed by atoms with van der Waals surface area (Å²) in [6, 6.07) is 0. The monoisotopic (exact) mass is 319 g/mol. The Balaban J connectivity index is 2.52. The number of rotatable bonds is 8. The third-order valence-electron chi connectivity index (χ3n) is 2.80. The Labute approximate surface area is 117 Å². The third-order valence-corrected chi connectivity index (χ3v) is 3.83. The van der Waals surface area contributed by atoms with Crippen molar-refractivity contribution in [3.63, 3.8) is 0 Å². The zero-order valence-electron chi connectivity index (χ0n) is 11.5. The first kappa shape index (κ1) is 15.6. The van der Waals surface area contributed by atoms with Gasteiger partial charge < -0.3 is 14.8 Å². The molecule has 18 heavy (non-hydrogen) atoms. The summed E-state index contributed by atoms with van der Waals surface area (Å²) < 4.78 is 13.5. The van der Waals surface area contributed by atoms with Gasteiger partial charge in [-0.2, -0.15) is 5.10 Å². The predicted molar refractivity (Wildman–Crippen MR) is 74.7 cm³/mol. The lowest BCUT2D eigenvalue weighted by Gasteiger charge is -2.15. The Morgan fingerprint density at radius 1 is 1.44 bits per heavy atom. The van der Waals surface area contributed by atoms with E-state index in [0.29, 0.717) is 6.61 Å². The van der Waals surface area contributed by atoms with Gasteiger partial charge in [-0.15, -0.1) is 0 Å². The highest BCUT2D eigenvalue weighted by Gasteiger charge is 2.12. The largest absolute Gasteiger partial charge is 0.382 e. The summed E-state index contributed by atoms with van der Waals surface area (Å²) in [6.45, 7) is 7.07. The van der Waals surface area contributed by atoms with Gasteiger partial charge in [0.05, 0.1) is 28.6 Å². The van der Waals surface area contributed by atoms with E-state index in [4.69, 9.17) is 9.47 Å². The van der Waals surface area contributed by atoms with Gasteiger partial charge in [0.25, 0.3) is 0 Å². The van der Waals surface area contributed by atoms with Gasteiger partial charge in [-0.1, -0.05) is 0 Å². The quantitative estimate of drug-likeness (QED) is 0.792. The summed E-state index contributed by atoms with van der Waals surface area (Å²) in [4.78, 5) is 0. The molecule has 0 aliphatic carbocycles. The molecule has 1 atom stereocenters. The molecule has 0 radical (unpaired) electrons. The zero-order valence-corrected chi connectivity index (χ0v) is 13.1. The van der Waals surface area contributed by atoms with Crippen molar-refractivity contribution in [2.45, 2.75) is 33.0 Å². The summed E-state index contributed by atoms with van der Waals surface area (Å²) in [6.07, 6.45) is 0.0767. The molecule has 1 aromatic rings. The van der Waals surface area contributed by atoms with Crippen LogP contribution in [0.25, 0.3) is 0 Å². The SMILES string of the molecule is CCn1nc(C)c(Br)c1CNCC(COC)OC. The molecule has 0 spiro atoms. The minimum Gasteiger partial charge on any atom is -0.382 e. The average Bonchev–Trinajstić information content (AvgIpc) is 2.65. The molecule has 0 amide bonds. The fourth-order valence-corrected chi connectivity index (χ4v) is 2.21. The van der Waals surface area contributed by atoms with E-state index < -0.39 is 0 Å². The molecule has 104 valence electrons. The number of nitrogens with one attached hydrogen (secondary N) is 1. The average molecular weight is 320 g/mol. The molecule has 0 aromatic carbocycles. The van der Waals surface area contributed by atoms with Crippen LogP contribution in [0.4, 0.5) is 0 Å². The molecule has 0 bridgehead atoms. The first-order valence-corrected chi connectivity index (χ1v) is 6.87. The lowest BCUT2D eigenvalue weighted by atomic mass is 10.3. The fourth-order valence-electron chi connectivity index (χ4n) is 1.79. The number of halogens is 1. The summed E-state index contributed by atoms with van der Waals surface area (Å²) in [7, 11) is 3.37. The Bertz CT molecular complexity index is 368. The molecule has 0 fully saturated rings. The van der Waals surface area contributed by atoms with Crippen LogP contribution in [0.3, 0.4) is 0 Å². The van der Waals surface area contributed by atoms with Crippen LogP contribution in [-0.2, 0) is 22.6 Å². The number of hydrogen-bond donors (Lipinski definition) is 1. The molecule has 1 N–H and O–H groups in total. The van der Waals surface area contributed by atoms with Gasteiger partial charge in [-0.25, -0.2) is 0 Å². The van der Waals surface area contributed by atoms with Crippen LogP contribution in [0.15, 0.2) is 4.47 Å². The second-order valence-corrected chi connectivity index (χ2v) is 4.90. The van der Waals surface area contributed by atoms with E-state index in [1.54, 1.807) is 14.2 Å². The van der Waals surface area contributed by atoms with Crippen LogP contribution in [0.1, 0.15) is 18.3 Å². The van der Waals surface area contributed by atoms with Crippen LogP contribution in [-0.4, -0.2) is 43.3 Å². The number of nitrogens with zero attached hydrogens (tertiary/aromatic N) is 2. The maximum absolute atomic E-state index is 5.30. The molecule has 1 aromatic heterocycles. The standard InChI is InChI=1S/C12H22BrN3O2/c1-5-16-11(12(13)9(2)15-16)7-14-6-10(18-4)8-17-3/h10,14H,5-8H2,1-4H3. The van der Waals surface area contributed by atoms with Crippen molar-refractivity contribution in [3.05, 3.63) is 15.9 Å². The van der Waals surface area contributed by atoms with E-state index in [0.717, 1.165) is 29.8 Å². The minimum atomic E-state index is 0.0767. The van der Waals surface area contributed by atoms with Crippen molar-refractivity contribution in [2.75, 3.05) is 27.4 Å². The van der Waals surface area contributed by atoms with Crippen molar-refractivity contribution in [1.82, 2.24) is 15.1 Å². The van der Waals surface area contributed by atoms with E-state index in [2.05, 4.69) is 33.3 Å². The third kappa shape index (κ3) is 4.05. The van der Waals surface area contributed by atoms with Crippen LogP contribution < -0.4 is 5.32 Å². The van der Waals surface area contributed by atoms with Gasteiger partial charge in [0.1, 0.15) is 0 Å². The molecule has 0 saturated heterocycles. The first-order chi connectivity index (χ1) is 8.63. The molecule has 5 nitrogen and oxygen atoms in total. The zero-order chi connectivity index (χ0) is 13.5. The molecular formula is C12H22BrN3O2. The van der Waals surface area contributed by atoms with Crippen molar-refractivity contribution >= 4 is 15.9 Å². The Kier molecular flexibility index (Phi) is 6.85. The molecule has 1 unspecified atom stereocenters. The van der Waals surface area contributed by atoms with Crippen LogP contribution >= 0.6 is 15.9 Å². The number of ether oxygens (including phenoxy) is 2.